The van der Waals surface area contributed by atoms with Gasteiger partial charge in [-0.25, -0.2) is 0 Å². The molecule has 0 bridgehead atoms. The number of aromatic nitrogens is 1. The van der Waals surface area contributed by atoms with E-state index in [9.17, 15) is 0 Å². The van der Waals surface area contributed by atoms with Gasteiger partial charge in [-0.3, -0.25) is 4.98 Å². The lowest BCUT2D eigenvalue weighted by molar-refractivity contribution is 0.374. The second-order valence-electron chi connectivity index (χ2n) is 4.35. The topological polar surface area (TPSA) is 64.4 Å². The number of nitrogens with zero attached hydrogens (tertiary/aromatic N) is 2. The third-order valence-corrected chi connectivity index (χ3v) is 3.16. The molecule has 0 atom stereocenters. The van der Waals surface area contributed by atoms with E-state index in [2.05, 4.69) is 11.1 Å². The van der Waals surface area contributed by atoms with Crippen LogP contribution in [0.2, 0.25) is 0 Å². The molecule has 0 amide bonds. The van der Waals surface area contributed by atoms with Gasteiger partial charge in [-0.1, -0.05) is 6.08 Å². The first-order valence-corrected chi connectivity index (χ1v) is 6.55. The third-order valence-electron chi connectivity index (χ3n) is 3.16. The molecule has 22 heavy (non-hydrogen) atoms. The molecule has 0 aliphatic carbocycles. The molecule has 0 fully saturated rings. The Morgan fingerprint density at radius 2 is 1.73 bits per heavy atom. The molecule has 5 heteroatoms. The lowest BCUT2D eigenvalue weighted by atomic mass is 10.1. The van der Waals surface area contributed by atoms with Crippen molar-refractivity contribution in [3.63, 3.8) is 0 Å². The van der Waals surface area contributed by atoms with E-state index in [1.807, 2.05) is 12.2 Å². The SMILES string of the molecule is COc1cc(OC)c(/C=C/c2ccncc2C#N)c(OC)c1. The molecule has 1 aromatic carbocycles. The molecule has 0 aliphatic rings. The van der Waals surface area contributed by atoms with Crippen molar-refractivity contribution in [2.75, 3.05) is 21.3 Å². The van der Waals surface area contributed by atoms with Gasteiger partial charge in [-0.15, -0.1) is 0 Å². The Bertz CT molecular complexity index is 708. The summed E-state index contributed by atoms with van der Waals surface area (Å²) in [4.78, 5) is 3.94. The van der Waals surface area contributed by atoms with Crippen LogP contribution in [0.3, 0.4) is 0 Å². The largest absolute Gasteiger partial charge is 0.496 e. The van der Waals surface area contributed by atoms with Gasteiger partial charge in [0.1, 0.15) is 23.3 Å². The fraction of sp³-hybridized carbons (Fsp3) is 0.176. The molecular weight excluding hydrogens is 280 g/mol. The van der Waals surface area contributed by atoms with E-state index >= 15 is 0 Å². The molecule has 0 radical (unpaired) electrons. The number of hydrogen-bond donors (Lipinski definition) is 0. The van der Waals surface area contributed by atoms with Crippen LogP contribution in [0.1, 0.15) is 16.7 Å². The molecule has 0 N–H and O–H groups in total. The summed E-state index contributed by atoms with van der Waals surface area (Å²) >= 11 is 0. The molecule has 0 aliphatic heterocycles. The van der Waals surface area contributed by atoms with Crippen molar-refractivity contribution >= 4 is 12.2 Å². The molecule has 0 saturated carbocycles. The minimum atomic E-state index is 0.505. The first-order chi connectivity index (χ1) is 10.7. The van der Waals surface area contributed by atoms with Crippen molar-refractivity contribution in [3.8, 4) is 23.3 Å². The van der Waals surface area contributed by atoms with E-state index in [0.29, 0.717) is 22.8 Å². The van der Waals surface area contributed by atoms with E-state index in [4.69, 9.17) is 19.5 Å². The van der Waals surface area contributed by atoms with Crippen LogP contribution < -0.4 is 14.2 Å². The molecule has 0 spiro atoms. The summed E-state index contributed by atoms with van der Waals surface area (Å²) in [5, 5.41) is 9.10. The Morgan fingerprint density at radius 3 is 2.27 bits per heavy atom. The predicted molar refractivity (Wildman–Crippen MR) is 84.0 cm³/mol. The Kier molecular flexibility index (Phi) is 4.99. The van der Waals surface area contributed by atoms with E-state index in [-0.39, 0.29) is 0 Å². The summed E-state index contributed by atoms with van der Waals surface area (Å²) in [6.07, 6.45) is 6.84. The highest BCUT2D eigenvalue weighted by molar-refractivity contribution is 5.78. The van der Waals surface area contributed by atoms with Crippen LogP contribution >= 0.6 is 0 Å². The van der Waals surface area contributed by atoms with Crippen LogP contribution in [-0.2, 0) is 0 Å². The standard InChI is InChI=1S/C17H16N2O3/c1-20-14-8-16(21-2)15(17(9-14)22-3)5-4-12-6-7-19-11-13(12)10-18/h4-9,11H,1-3H3/b5-4+. The zero-order chi connectivity index (χ0) is 15.9. The average molecular weight is 296 g/mol. The molecular formula is C17H16N2O3. The number of ether oxygens (including phenoxy) is 3. The summed E-state index contributed by atoms with van der Waals surface area (Å²) < 4.78 is 16.0. The number of hydrogen-bond acceptors (Lipinski definition) is 5. The first-order valence-electron chi connectivity index (χ1n) is 6.55. The molecule has 1 aromatic heterocycles. The Hall–Kier alpha value is -3.00. The lowest BCUT2D eigenvalue weighted by Gasteiger charge is -2.12. The zero-order valence-electron chi connectivity index (χ0n) is 12.7. The number of rotatable bonds is 5. The molecule has 1 heterocycles. The van der Waals surface area contributed by atoms with Gasteiger partial charge >= 0.3 is 0 Å². The van der Waals surface area contributed by atoms with Gasteiger partial charge in [0.25, 0.3) is 0 Å². The molecule has 112 valence electrons. The zero-order valence-corrected chi connectivity index (χ0v) is 12.7. The minimum Gasteiger partial charge on any atom is -0.496 e. The van der Waals surface area contributed by atoms with Gasteiger partial charge in [0.05, 0.1) is 32.5 Å². The normalized spacial score (nSPS) is 10.3. The number of nitriles is 1. The Labute approximate surface area is 129 Å². The van der Waals surface area contributed by atoms with Crippen molar-refractivity contribution in [2.45, 2.75) is 0 Å². The van der Waals surface area contributed by atoms with Crippen molar-refractivity contribution in [1.82, 2.24) is 4.98 Å². The lowest BCUT2D eigenvalue weighted by Crippen LogP contribution is -1.94. The molecule has 5 nitrogen and oxygen atoms in total. The summed E-state index contributed by atoms with van der Waals surface area (Å²) in [6.45, 7) is 0. The van der Waals surface area contributed by atoms with Crippen molar-refractivity contribution in [1.29, 1.82) is 5.26 Å². The Morgan fingerprint density at radius 1 is 1.05 bits per heavy atom. The van der Waals surface area contributed by atoms with Crippen LogP contribution in [-0.4, -0.2) is 26.3 Å². The van der Waals surface area contributed by atoms with Crippen LogP contribution in [0.5, 0.6) is 17.2 Å². The van der Waals surface area contributed by atoms with Crippen molar-refractivity contribution in [2.24, 2.45) is 0 Å². The average Bonchev–Trinajstić information content (AvgIpc) is 2.59. The molecule has 0 unspecified atom stereocenters. The second-order valence-corrected chi connectivity index (χ2v) is 4.35. The number of benzene rings is 1. The highest BCUT2D eigenvalue weighted by Crippen LogP contribution is 2.35. The fourth-order valence-electron chi connectivity index (χ4n) is 2.01. The minimum absolute atomic E-state index is 0.505. The summed E-state index contributed by atoms with van der Waals surface area (Å²) in [6, 6.07) is 7.44. The van der Waals surface area contributed by atoms with E-state index in [1.165, 1.54) is 6.20 Å². The van der Waals surface area contributed by atoms with E-state index in [0.717, 1.165) is 11.1 Å². The quantitative estimate of drug-likeness (QED) is 0.848. The van der Waals surface area contributed by atoms with Crippen molar-refractivity contribution < 1.29 is 14.2 Å². The van der Waals surface area contributed by atoms with Gasteiger partial charge < -0.3 is 14.2 Å². The third kappa shape index (κ3) is 3.18. The molecule has 2 rings (SSSR count). The van der Waals surface area contributed by atoms with E-state index < -0.39 is 0 Å². The van der Waals surface area contributed by atoms with Crippen molar-refractivity contribution in [3.05, 3.63) is 47.3 Å². The highest BCUT2D eigenvalue weighted by atomic mass is 16.5. The van der Waals surface area contributed by atoms with Gasteiger partial charge in [0, 0.05) is 24.5 Å². The maximum Gasteiger partial charge on any atom is 0.133 e. The Balaban J connectivity index is 2.48. The van der Waals surface area contributed by atoms with Crippen LogP contribution in [0.15, 0.2) is 30.6 Å². The highest BCUT2D eigenvalue weighted by Gasteiger charge is 2.11. The van der Waals surface area contributed by atoms with Crippen LogP contribution in [0, 0.1) is 11.3 Å². The smallest absolute Gasteiger partial charge is 0.133 e. The fourth-order valence-corrected chi connectivity index (χ4v) is 2.01. The van der Waals surface area contributed by atoms with E-state index in [1.54, 1.807) is 45.7 Å². The maximum atomic E-state index is 9.10. The van der Waals surface area contributed by atoms with Gasteiger partial charge in [-0.05, 0) is 17.7 Å². The summed E-state index contributed by atoms with van der Waals surface area (Å²) in [5.41, 5.74) is 2.05. The summed E-state index contributed by atoms with van der Waals surface area (Å²) in [7, 11) is 4.75. The predicted octanol–water partition coefficient (Wildman–Crippen LogP) is 3.15. The number of methoxy groups -OCH3 is 3. The van der Waals surface area contributed by atoms with Gasteiger partial charge in [0.15, 0.2) is 0 Å². The van der Waals surface area contributed by atoms with Gasteiger partial charge in [0.2, 0.25) is 0 Å². The molecule has 2 aromatic rings. The van der Waals surface area contributed by atoms with Crippen LogP contribution in [0.25, 0.3) is 12.2 Å². The second kappa shape index (κ2) is 7.14. The maximum absolute atomic E-state index is 9.10. The van der Waals surface area contributed by atoms with Crippen LogP contribution in [0.4, 0.5) is 0 Å². The first kappa shape index (κ1) is 15.4. The van der Waals surface area contributed by atoms with Gasteiger partial charge in [-0.2, -0.15) is 5.26 Å². The monoisotopic (exact) mass is 296 g/mol. The molecule has 0 saturated heterocycles. The number of pyridine rings is 1. The summed E-state index contributed by atoms with van der Waals surface area (Å²) in [5.74, 6) is 1.90.